The van der Waals surface area contributed by atoms with Gasteiger partial charge in [-0.3, -0.25) is 4.99 Å². The van der Waals surface area contributed by atoms with Gasteiger partial charge in [0.15, 0.2) is 0 Å². The Labute approximate surface area is 146 Å². The molecule has 1 heterocycles. The largest absolute Gasteiger partial charge is 0.497 e. The van der Waals surface area contributed by atoms with E-state index in [1.807, 2.05) is 36.4 Å². The second kappa shape index (κ2) is 6.54. The zero-order valence-electron chi connectivity index (χ0n) is 13.8. The fraction of sp³-hybridized carbons (Fsp3) is 0.100. The molecule has 1 unspecified atom stereocenters. The van der Waals surface area contributed by atoms with Crippen LogP contribution in [0, 0.1) is 11.3 Å². The number of aliphatic imine (C=N–C) groups is 1. The highest BCUT2D eigenvalue weighted by Gasteiger charge is 2.32. The number of allylic oxidation sites excluding steroid dienone is 1. The molecule has 0 bridgehead atoms. The number of nitriles is 1. The third-order valence-electron chi connectivity index (χ3n) is 4.22. The van der Waals surface area contributed by atoms with Crippen molar-refractivity contribution in [2.75, 3.05) is 7.11 Å². The van der Waals surface area contributed by atoms with Gasteiger partial charge in [-0.1, -0.05) is 30.9 Å². The lowest BCUT2D eigenvalue weighted by Crippen LogP contribution is -2.21. The Kier molecular flexibility index (Phi) is 4.27. The zero-order valence-corrected chi connectivity index (χ0v) is 13.8. The van der Waals surface area contributed by atoms with Gasteiger partial charge in [0.2, 0.25) is 5.88 Å². The van der Waals surface area contributed by atoms with E-state index < -0.39 is 0 Å². The summed E-state index contributed by atoms with van der Waals surface area (Å²) in [5.41, 5.74) is 9.50. The molecule has 2 aromatic rings. The van der Waals surface area contributed by atoms with Crippen LogP contribution in [0.2, 0.25) is 0 Å². The molecule has 5 nitrogen and oxygen atoms in total. The Morgan fingerprint density at radius 3 is 2.56 bits per heavy atom. The summed E-state index contributed by atoms with van der Waals surface area (Å²) >= 11 is 0. The fourth-order valence-electron chi connectivity index (χ4n) is 3.01. The highest BCUT2D eigenvalue weighted by molar-refractivity contribution is 5.75. The number of hydrogen-bond donors (Lipinski definition) is 1. The molecule has 2 aromatic carbocycles. The van der Waals surface area contributed by atoms with Crippen molar-refractivity contribution in [1.82, 2.24) is 0 Å². The van der Waals surface area contributed by atoms with Crippen molar-refractivity contribution >= 4 is 18.5 Å². The molecule has 1 aliphatic rings. The van der Waals surface area contributed by atoms with Crippen molar-refractivity contribution in [2.24, 2.45) is 10.7 Å². The summed E-state index contributed by atoms with van der Waals surface area (Å²) in [7, 11) is 1.61. The summed E-state index contributed by atoms with van der Waals surface area (Å²) in [4.78, 5) is 3.99. The Morgan fingerprint density at radius 2 is 2.00 bits per heavy atom. The summed E-state index contributed by atoms with van der Waals surface area (Å²) in [6, 6.07) is 13.4. The monoisotopic (exact) mass is 331 g/mol. The van der Waals surface area contributed by atoms with E-state index in [0.29, 0.717) is 22.6 Å². The van der Waals surface area contributed by atoms with Gasteiger partial charge in [-0.15, -0.1) is 0 Å². The Morgan fingerprint density at radius 1 is 1.28 bits per heavy atom. The number of benzene rings is 2. The van der Waals surface area contributed by atoms with Crippen molar-refractivity contribution in [2.45, 2.75) is 5.92 Å². The van der Waals surface area contributed by atoms with Gasteiger partial charge in [0.25, 0.3) is 0 Å². The molecule has 0 saturated heterocycles. The molecule has 0 fully saturated rings. The van der Waals surface area contributed by atoms with Gasteiger partial charge in [-0.2, -0.15) is 5.26 Å². The number of methoxy groups -OCH3 is 1. The van der Waals surface area contributed by atoms with Gasteiger partial charge >= 0.3 is 0 Å². The second-order valence-corrected chi connectivity index (χ2v) is 5.48. The highest BCUT2D eigenvalue weighted by Crippen LogP contribution is 2.46. The maximum Gasteiger partial charge on any atom is 0.205 e. The van der Waals surface area contributed by atoms with Crippen LogP contribution < -0.4 is 15.2 Å². The minimum absolute atomic E-state index is 0.0835. The second-order valence-electron chi connectivity index (χ2n) is 5.48. The first-order chi connectivity index (χ1) is 12.1. The van der Waals surface area contributed by atoms with Crippen LogP contribution in [-0.2, 0) is 0 Å². The minimum Gasteiger partial charge on any atom is -0.497 e. The normalized spacial score (nSPS) is 15.6. The predicted octanol–water partition coefficient (Wildman–Crippen LogP) is 3.89. The van der Waals surface area contributed by atoms with Crippen LogP contribution in [0.15, 0.2) is 59.4 Å². The molecule has 0 saturated carbocycles. The molecule has 1 atom stereocenters. The number of ether oxygens (including phenoxy) is 2. The molecule has 0 aromatic heterocycles. The lowest BCUT2D eigenvalue weighted by molar-refractivity contribution is 0.393. The van der Waals surface area contributed by atoms with Crippen molar-refractivity contribution < 1.29 is 9.47 Å². The SMILES string of the molecule is C=Cc1c(N=C)ccc2c1OC(N)=C(C#N)C2c1ccc(OC)cc1. The maximum atomic E-state index is 9.61. The molecule has 5 heteroatoms. The molecule has 0 aliphatic carbocycles. The molecule has 0 amide bonds. The van der Waals surface area contributed by atoms with Crippen LogP contribution >= 0.6 is 0 Å². The van der Waals surface area contributed by atoms with E-state index in [1.54, 1.807) is 13.2 Å². The zero-order chi connectivity index (χ0) is 18.0. The Balaban J connectivity index is 2.25. The average Bonchev–Trinajstić information content (AvgIpc) is 2.66. The number of nitrogens with zero attached hydrogens (tertiary/aromatic N) is 2. The lowest BCUT2D eigenvalue weighted by Gasteiger charge is -2.28. The third-order valence-corrected chi connectivity index (χ3v) is 4.22. The van der Waals surface area contributed by atoms with E-state index in [9.17, 15) is 5.26 Å². The number of rotatable bonds is 4. The van der Waals surface area contributed by atoms with Crippen LogP contribution in [0.25, 0.3) is 6.08 Å². The summed E-state index contributed by atoms with van der Waals surface area (Å²) in [6.07, 6.45) is 1.65. The van der Waals surface area contributed by atoms with E-state index in [2.05, 4.69) is 24.4 Å². The quantitative estimate of drug-likeness (QED) is 0.862. The Bertz CT molecular complexity index is 921. The van der Waals surface area contributed by atoms with E-state index in [0.717, 1.165) is 16.9 Å². The average molecular weight is 331 g/mol. The lowest BCUT2D eigenvalue weighted by atomic mass is 9.82. The van der Waals surface area contributed by atoms with E-state index in [1.165, 1.54) is 0 Å². The van der Waals surface area contributed by atoms with Gasteiger partial charge in [-0.05, 0) is 30.5 Å². The summed E-state index contributed by atoms with van der Waals surface area (Å²) in [6.45, 7) is 7.40. The van der Waals surface area contributed by atoms with Crippen LogP contribution in [0.3, 0.4) is 0 Å². The smallest absolute Gasteiger partial charge is 0.205 e. The maximum absolute atomic E-state index is 9.61. The van der Waals surface area contributed by atoms with Crippen LogP contribution in [0.1, 0.15) is 22.6 Å². The standard InChI is InChI=1S/C20H17N3O2/c1-4-14-17(23-2)10-9-15-18(12-5-7-13(24-3)8-6-12)16(11-21)20(22)25-19(14)15/h4-10,18H,1-2,22H2,3H3. The van der Waals surface area contributed by atoms with Crippen molar-refractivity contribution in [3.63, 3.8) is 0 Å². The van der Waals surface area contributed by atoms with Crippen molar-refractivity contribution in [1.29, 1.82) is 5.26 Å². The van der Waals surface area contributed by atoms with Gasteiger partial charge < -0.3 is 15.2 Å². The Hall–Kier alpha value is -3.52. The van der Waals surface area contributed by atoms with Gasteiger partial charge in [0.1, 0.15) is 23.1 Å². The molecule has 3 rings (SSSR count). The molecule has 2 N–H and O–H groups in total. The van der Waals surface area contributed by atoms with E-state index in [4.69, 9.17) is 15.2 Å². The molecule has 1 aliphatic heterocycles. The fourth-order valence-corrected chi connectivity index (χ4v) is 3.01. The van der Waals surface area contributed by atoms with E-state index >= 15 is 0 Å². The van der Waals surface area contributed by atoms with Crippen molar-refractivity contribution in [3.8, 4) is 17.6 Å². The number of fused-ring (bicyclic) bond motifs is 1. The molecule has 25 heavy (non-hydrogen) atoms. The van der Waals surface area contributed by atoms with Gasteiger partial charge in [0, 0.05) is 11.1 Å². The van der Waals surface area contributed by atoms with Crippen molar-refractivity contribution in [3.05, 3.63) is 71.1 Å². The molecular weight excluding hydrogens is 314 g/mol. The topological polar surface area (TPSA) is 80.6 Å². The molecule has 124 valence electrons. The summed E-state index contributed by atoms with van der Waals surface area (Å²) in [5.74, 6) is 1.04. The van der Waals surface area contributed by atoms with Gasteiger partial charge in [-0.25, -0.2) is 0 Å². The van der Waals surface area contributed by atoms with Crippen LogP contribution in [-0.4, -0.2) is 13.8 Å². The first-order valence-electron chi connectivity index (χ1n) is 7.62. The highest BCUT2D eigenvalue weighted by atomic mass is 16.5. The summed E-state index contributed by atoms with van der Waals surface area (Å²) < 4.78 is 11.0. The first kappa shape index (κ1) is 16.3. The number of hydrogen-bond acceptors (Lipinski definition) is 5. The predicted molar refractivity (Wildman–Crippen MR) is 98.0 cm³/mol. The van der Waals surface area contributed by atoms with Crippen LogP contribution in [0.5, 0.6) is 11.5 Å². The molecule has 0 radical (unpaired) electrons. The summed E-state index contributed by atoms with van der Waals surface area (Å²) in [5, 5.41) is 9.61. The van der Waals surface area contributed by atoms with Gasteiger partial charge in [0.05, 0.1) is 18.7 Å². The van der Waals surface area contributed by atoms with E-state index in [-0.39, 0.29) is 11.8 Å². The molecular formula is C20H17N3O2. The molecule has 0 spiro atoms. The third kappa shape index (κ3) is 2.64. The minimum atomic E-state index is -0.336. The van der Waals surface area contributed by atoms with Crippen LogP contribution in [0.4, 0.5) is 5.69 Å². The first-order valence-corrected chi connectivity index (χ1v) is 7.62. The number of nitrogens with two attached hydrogens (primary N) is 1.